The fourth-order valence-corrected chi connectivity index (χ4v) is 4.46. The molecule has 2 aromatic rings. The highest BCUT2D eigenvalue weighted by atomic mass is 15.1. The minimum absolute atomic E-state index is 0.0631. The first kappa shape index (κ1) is 25.0. The zero-order valence-electron chi connectivity index (χ0n) is 22.4. The summed E-state index contributed by atoms with van der Waals surface area (Å²) in [5.74, 6) is 0. The third-order valence-electron chi connectivity index (χ3n) is 7.20. The Hall–Kier alpha value is -2.61. The smallest absolute Gasteiger partial charge is 0.0496 e. The molecule has 1 aliphatic rings. The number of benzene rings is 1. The molecule has 0 fully saturated rings. The molecule has 0 aliphatic carbocycles. The lowest BCUT2D eigenvalue weighted by molar-refractivity contribution is 0.504. The number of aromatic nitrogens is 1. The number of hydrogen-bond acceptors (Lipinski definition) is 2. The average Bonchev–Trinajstić information content (AvgIpc) is 2.73. The van der Waals surface area contributed by atoms with Crippen molar-refractivity contribution in [2.45, 2.75) is 86.5 Å². The molecule has 0 amide bonds. The van der Waals surface area contributed by atoms with Crippen LogP contribution in [0.4, 0.5) is 11.4 Å². The largest absolute Gasteiger partial charge is 0.317 e. The van der Waals surface area contributed by atoms with Gasteiger partial charge in [0.05, 0.1) is 0 Å². The van der Waals surface area contributed by atoms with Crippen LogP contribution in [-0.2, 0) is 10.8 Å². The molecule has 0 radical (unpaired) electrons. The van der Waals surface area contributed by atoms with Gasteiger partial charge in [0.1, 0.15) is 0 Å². The van der Waals surface area contributed by atoms with Crippen molar-refractivity contribution in [1.29, 1.82) is 0 Å². The van der Waals surface area contributed by atoms with Gasteiger partial charge in [-0.3, -0.25) is 4.98 Å². The summed E-state index contributed by atoms with van der Waals surface area (Å²) in [6.45, 7) is 22.9. The molecule has 0 N–H and O–H groups in total. The Bertz CT molecular complexity index is 1100. The van der Waals surface area contributed by atoms with Crippen molar-refractivity contribution in [2.75, 3.05) is 4.90 Å². The number of rotatable bonds is 2. The van der Waals surface area contributed by atoms with E-state index in [2.05, 4.69) is 134 Å². The number of anilines is 2. The molecule has 1 aromatic heterocycles. The number of fused-ring (bicyclic) bond motifs is 1. The first-order valence-corrected chi connectivity index (χ1v) is 12.2. The van der Waals surface area contributed by atoms with Crippen LogP contribution in [-0.4, -0.2) is 4.98 Å². The Labute approximate surface area is 202 Å². The van der Waals surface area contributed by atoms with Crippen LogP contribution < -0.4 is 4.90 Å². The van der Waals surface area contributed by atoms with E-state index in [1.165, 1.54) is 28.0 Å². The molecule has 1 unspecified atom stereocenters. The van der Waals surface area contributed by atoms with Crippen molar-refractivity contribution in [3.05, 3.63) is 88.9 Å². The van der Waals surface area contributed by atoms with E-state index in [0.29, 0.717) is 0 Å². The van der Waals surface area contributed by atoms with Crippen molar-refractivity contribution in [3.63, 3.8) is 0 Å². The maximum atomic E-state index is 4.44. The van der Waals surface area contributed by atoms with E-state index in [1.54, 1.807) is 0 Å². The Balaban J connectivity index is 2.41. The van der Waals surface area contributed by atoms with Gasteiger partial charge in [-0.05, 0) is 72.1 Å². The van der Waals surface area contributed by atoms with Crippen molar-refractivity contribution >= 4 is 11.4 Å². The standard InChI is InChI=1S/C31H42N2/c1-11-31(10)22(2)19-24(29(4,5)6)13-12-18-33(26-16-17-32-23(3)20-26)28-15-14-25(21-27(28)31)30(7,8)9/h12-21H,11H2,1-10H3/b18-12+,22-19+,24-13+. The molecule has 0 saturated heterocycles. The molecule has 2 heteroatoms. The zero-order chi connectivity index (χ0) is 24.6. The second-order valence-corrected chi connectivity index (χ2v) is 11.7. The van der Waals surface area contributed by atoms with Crippen molar-refractivity contribution in [2.24, 2.45) is 5.41 Å². The molecule has 0 bridgehead atoms. The topological polar surface area (TPSA) is 16.1 Å². The monoisotopic (exact) mass is 442 g/mol. The lowest BCUT2D eigenvalue weighted by Gasteiger charge is -2.38. The predicted octanol–water partition coefficient (Wildman–Crippen LogP) is 8.94. The molecule has 2 heterocycles. The Morgan fingerprint density at radius 3 is 2.21 bits per heavy atom. The van der Waals surface area contributed by atoms with Crippen molar-refractivity contribution in [3.8, 4) is 0 Å². The van der Waals surface area contributed by atoms with Crippen LogP contribution in [0.3, 0.4) is 0 Å². The molecule has 176 valence electrons. The van der Waals surface area contributed by atoms with Gasteiger partial charge in [-0.15, -0.1) is 0 Å². The average molecular weight is 443 g/mol. The van der Waals surface area contributed by atoms with Gasteiger partial charge < -0.3 is 4.90 Å². The van der Waals surface area contributed by atoms with E-state index in [9.17, 15) is 0 Å². The minimum atomic E-state index is -0.0908. The normalized spacial score (nSPS) is 23.8. The molecule has 1 aliphatic heterocycles. The molecular formula is C31H42N2. The van der Waals surface area contributed by atoms with Gasteiger partial charge in [-0.25, -0.2) is 0 Å². The molecule has 1 atom stereocenters. The van der Waals surface area contributed by atoms with E-state index in [4.69, 9.17) is 0 Å². The van der Waals surface area contributed by atoms with E-state index >= 15 is 0 Å². The number of pyridine rings is 1. The lowest BCUT2D eigenvalue weighted by Crippen LogP contribution is -2.28. The fourth-order valence-electron chi connectivity index (χ4n) is 4.46. The maximum Gasteiger partial charge on any atom is 0.0496 e. The lowest BCUT2D eigenvalue weighted by atomic mass is 9.70. The van der Waals surface area contributed by atoms with Crippen molar-refractivity contribution < 1.29 is 0 Å². The summed E-state index contributed by atoms with van der Waals surface area (Å²) in [4.78, 5) is 6.77. The van der Waals surface area contributed by atoms with Crippen LogP contribution in [0.15, 0.2) is 72.1 Å². The predicted molar refractivity (Wildman–Crippen MR) is 144 cm³/mol. The number of hydrogen-bond donors (Lipinski definition) is 0. The highest BCUT2D eigenvalue weighted by molar-refractivity contribution is 5.72. The third kappa shape index (κ3) is 5.16. The molecule has 33 heavy (non-hydrogen) atoms. The van der Waals surface area contributed by atoms with Gasteiger partial charge in [0.2, 0.25) is 0 Å². The molecule has 3 rings (SSSR count). The third-order valence-corrected chi connectivity index (χ3v) is 7.20. The van der Waals surface area contributed by atoms with Crippen LogP contribution in [0.5, 0.6) is 0 Å². The van der Waals surface area contributed by atoms with E-state index < -0.39 is 0 Å². The minimum Gasteiger partial charge on any atom is -0.317 e. The Kier molecular flexibility index (Phi) is 6.80. The van der Waals surface area contributed by atoms with Crippen LogP contribution >= 0.6 is 0 Å². The molecule has 2 nitrogen and oxygen atoms in total. The first-order valence-electron chi connectivity index (χ1n) is 12.2. The van der Waals surface area contributed by atoms with Crippen LogP contribution in [0.25, 0.3) is 0 Å². The first-order chi connectivity index (χ1) is 15.3. The number of allylic oxidation sites excluding steroid dienone is 5. The molecular weight excluding hydrogens is 400 g/mol. The van der Waals surface area contributed by atoms with E-state index in [-0.39, 0.29) is 16.2 Å². The summed E-state index contributed by atoms with van der Waals surface area (Å²) in [5.41, 5.74) is 8.93. The maximum absolute atomic E-state index is 4.44. The summed E-state index contributed by atoms with van der Waals surface area (Å²) >= 11 is 0. The summed E-state index contributed by atoms with van der Waals surface area (Å²) in [5, 5.41) is 0. The summed E-state index contributed by atoms with van der Waals surface area (Å²) in [7, 11) is 0. The van der Waals surface area contributed by atoms with E-state index in [1.807, 2.05) is 6.20 Å². The molecule has 0 spiro atoms. The zero-order valence-corrected chi connectivity index (χ0v) is 22.4. The second kappa shape index (κ2) is 8.97. The van der Waals surface area contributed by atoms with Gasteiger partial charge in [0, 0.05) is 34.9 Å². The van der Waals surface area contributed by atoms with Crippen molar-refractivity contribution in [1.82, 2.24) is 4.98 Å². The van der Waals surface area contributed by atoms with Crippen LogP contribution in [0.2, 0.25) is 0 Å². The van der Waals surface area contributed by atoms with Crippen LogP contribution in [0.1, 0.15) is 85.6 Å². The summed E-state index contributed by atoms with van der Waals surface area (Å²) < 4.78 is 0. The summed E-state index contributed by atoms with van der Waals surface area (Å²) in [6, 6.07) is 11.3. The van der Waals surface area contributed by atoms with E-state index in [0.717, 1.165) is 17.8 Å². The van der Waals surface area contributed by atoms with Gasteiger partial charge in [-0.2, -0.15) is 0 Å². The fraction of sp³-hybridized carbons (Fsp3) is 0.452. The molecule has 1 aromatic carbocycles. The highest BCUT2D eigenvalue weighted by Gasteiger charge is 2.33. The summed E-state index contributed by atoms with van der Waals surface area (Å²) in [6.07, 6.45) is 12.0. The SMILES string of the molecule is CCC1(C)/C(C)=C/C(C(C)(C)C)=C\C=C\N(c2ccnc(C)c2)c2ccc(C(C)(C)C)cc21. The van der Waals surface area contributed by atoms with Gasteiger partial charge in [0.25, 0.3) is 0 Å². The number of nitrogens with zero attached hydrogens (tertiary/aromatic N) is 2. The van der Waals surface area contributed by atoms with Gasteiger partial charge in [0.15, 0.2) is 0 Å². The van der Waals surface area contributed by atoms with Gasteiger partial charge in [-0.1, -0.05) is 85.2 Å². The van der Waals surface area contributed by atoms with Crippen LogP contribution in [0, 0.1) is 12.3 Å². The highest BCUT2D eigenvalue weighted by Crippen LogP contribution is 2.45. The van der Waals surface area contributed by atoms with Gasteiger partial charge >= 0.3 is 0 Å². The molecule has 0 saturated carbocycles. The number of aryl methyl sites for hydroxylation is 1. The Morgan fingerprint density at radius 1 is 0.939 bits per heavy atom. The second-order valence-electron chi connectivity index (χ2n) is 11.7. The quantitative estimate of drug-likeness (QED) is 0.461. The Morgan fingerprint density at radius 2 is 1.64 bits per heavy atom.